The van der Waals surface area contributed by atoms with Crippen LogP contribution >= 0.6 is 0 Å². The Bertz CT molecular complexity index is 756. The smallest absolute Gasteiger partial charge is 0.225 e. The van der Waals surface area contributed by atoms with Crippen LogP contribution in [0, 0.1) is 0 Å². The standard InChI is InChI=1S/C17H18N6/c1-5-15(21-16(6-1)23-11-9-18-13-23)14-4-2-10-22(12-14)17-19-7-3-8-20-17/h1,3,5-9,11,13-14H,2,4,10,12H2. The summed E-state index contributed by atoms with van der Waals surface area (Å²) in [4.78, 5) is 19.9. The molecule has 3 aromatic rings. The normalized spacial score (nSPS) is 18.1. The quantitative estimate of drug-likeness (QED) is 0.744. The molecule has 4 rings (SSSR count). The van der Waals surface area contributed by atoms with Gasteiger partial charge in [-0.2, -0.15) is 0 Å². The summed E-state index contributed by atoms with van der Waals surface area (Å²) in [5.41, 5.74) is 1.12. The van der Waals surface area contributed by atoms with E-state index in [0.29, 0.717) is 5.92 Å². The van der Waals surface area contributed by atoms with Crippen molar-refractivity contribution in [2.24, 2.45) is 0 Å². The number of hydrogen-bond donors (Lipinski definition) is 0. The van der Waals surface area contributed by atoms with Crippen molar-refractivity contribution in [1.82, 2.24) is 24.5 Å². The van der Waals surface area contributed by atoms with Crippen molar-refractivity contribution < 1.29 is 0 Å². The van der Waals surface area contributed by atoms with Crippen LogP contribution in [0.15, 0.2) is 55.4 Å². The number of anilines is 1. The molecule has 6 heteroatoms. The van der Waals surface area contributed by atoms with Gasteiger partial charge in [-0.25, -0.2) is 19.9 Å². The summed E-state index contributed by atoms with van der Waals surface area (Å²) in [7, 11) is 0. The maximum atomic E-state index is 4.82. The van der Waals surface area contributed by atoms with Crippen molar-refractivity contribution in [3.05, 3.63) is 61.1 Å². The molecule has 4 heterocycles. The Morgan fingerprint density at radius 1 is 1.04 bits per heavy atom. The fraction of sp³-hybridized carbons (Fsp3) is 0.294. The largest absolute Gasteiger partial charge is 0.340 e. The zero-order chi connectivity index (χ0) is 15.5. The fourth-order valence-corrected chi connectivity index (χ4v) is 3.06. The van der Waals surface area contributed by atoms with Gasteiger partial charge in [0.15, 0.2) is 0 Å². The highest BCUT2D eigenvalue weighted by molar-refractivity contribution is 5.33. The van der Waals surface area contributed by atoms with Crippen molar-refractivity contribution in [3.8, 4) is 5.82 Å². The van der Waals surface area contributed by atoms with Crippen molar-refractivity contribution in [2.45, 2.75) is 18.8 Å². The van der Waals surface area contributed by atoms with Crippen LogP contribution in [-0.4, -0.2) is 37.6 Å². The first-order valence-corrected chi connectivity index (χ1v) is 7.87. The van der Waals surface area contributed by atoms with E-state index < -0.39 is 0 Å². The van der Waals surface area contributed by atoms with Crippen LogP contribution < -0.4 is 4.90 Å². The second kappa shape index (κ2) is 6.16. The molecule has 0 aliphatic carbocycles. The fourth-order valence-electron chi connectivity index (χ4n) is 3.06. The van der Waals surface area contributed by atoms with Gasteiger partial charge < -0.3 is 4.90 Å². The predicted molar refractivity (Wildman–Crippen MR) is 87.6 cm³/mol. The average Bonchev–Trinajstić information content (AvgIpc) is 3.18. The Balaban J connectivity index is 1.57. The van der Waals surface area contributed by atoms with Gasteiger partial charge in [-0.1, -0.05) is 6.07 Å². The summed E-state index contributed by atoms with van der Waals surface area (Å²) in [6.07, 6.45) is 11.3. The summed E-state index contributed by atoms with van der Waals surface area (Å²) in [5.74, 6) is 2.12. The zero-order valence-electron chi connectivity index (χ0n) is 12.8. The third kappa shape index (κ3) is 2.92. The molecule has 23 heavy (non-hydrogen) atoms. The van der Waals surface area contributed by atoms with Gasteiger partial charge in [0, 0.05) is 49.5 Å². The van der Waals surface area contributed by atoms with Gasteiger partial charge in [-0.3, -0.25) is 4.57 Å². The molecule has 1 aliphatic rings. The van der Waals surface area contributed by atoms with Gasteiger partial charge in [0.2, 0.25) is 5.95 Å². The van der Waals surface area contributed by atoms with Gasteiger partial charge in [0.25, 0.3) is 0 Å². The molecule has 0 spiro atoms. The molecule has 116 valence electrons. The highest BCUT2D eigenvalue weighted by atomic mass is 15.3. The molecular formula is C17H18N6. The molecule has 0 N–H and O–H groups in total. The minimum atomic E-state index is 0.399. The average molecular weight is 306 g/mol. The molecule has 0 aromatic carbocycles. The zero-order valence-corrected chi connectivity index (χ0v) is 12.8. The van der Waals surface area contributed by atoms with Crippen molar-refractivity contribution in [3.63, 3.8) is 0 Å². The lowest BCUT2D eigenvalue weighted by Crippen LogP contribution is -2.35. The van der Waals surface area contributed by atoms with Crippen LogP contribution in [0.25, 0.3) is 5.82 Å². The molecule has 3 aromatic heterocycles. The van der Waals surface area contributed by atoms with Crippen LogP contribution in [0.4, 0.5) is 5.95 Å². The van der Waals surface area contributed by atoms with E-state index in [1.807, 2.05) is 22.9 Å². The second-order valence-electron chi connectivity index (χ2n) is 5.72. The van der Waals surface area contributed by atoms with E-state index >= 15 is 0 Å². The number of nitrogens with zero attached hydrogens (tertiary/aromatic N) is 6. The van der Waals surface area contributed by atoms with Crippen molar-refractivity contribution in [1.29, 1.82) is 0 Å². The molecule has 0 saturated carbocycles. The molecule has 1 fully saturated rings. The first-order chi connectivity index (χ1) is 11.4. The highest BCUT2D eigenvalue weighted by Crippen LogP contribution is 2.27. The minimum absolute atomic E-state index is 0.399. The van der Waals surface area contributed by atoms with E-state index in [9.17, 15) is 0 Å². The molecule has 0 radical (unpaired) electrons. The Hall–Kier alpha value is -2.76. The molecule has 1 saturated heterocycles. The van der Waals surface area contributed by atoms with Crippen LogP contribution in [0.3, 0.4) is 0 Å². The Morgan fingerprint density at radius 3 is 2.78 bits per heavy atom. The summed E-state index contributed by atoms with van der Waals surface area (Å²) >= 11 is 0. The molecule has 0 bridgehead atoms. The molecule has 1 unspecified atom stereocenters. The number of aromatic nitrogens is 5. The van der Waals surface area contributed by atoms with Gasteiger partial charge in [-0.05, 0) is 31.0 Å². The van der Waals surface area contributed by atoms with E-state index in [0.717, 1.165) is 43.4 Å². The van der Waals surface area contributed by atoms with Crippen LogP contribution in [0.5, 0.6) is 0 Å². The number of hydrogen-bond acceptors (Lipinski definition) is 5. The number of rotatable bonds is 3. The monoisotopic (exact) mass is 306 g/mol. The van der Waals surface area contributed by atoms with Crippen LogP contribution in [0.1, 0.15) is 24.5 Å². The molecule has 6 nitrogen and oxygen atoms in total. The Morgan fingerprint density at radius 2 is 1.96 bits per heavy atom. The topological polar surface area (TPSA) is 59.7 Å². The maximum absolute atomic E-state index is 4.82. The van der Waals surface area contributed by atoms with Gasteiger partial charge in [0.05, 0.1) is 0 Å². The Labute approximate surface area is 134 Å². The van der Waals surface area contributed by atoms with Crippen LogP contribution in [-0.2, 0) is 0 Å². The summed E-state index contributed by atoms with van der Waals surface area (Å²) in [5, 5.41) is 0. The molecular weight excluding hydrogens is 288 g/mol. The first-order valence-electron chi connectivity index (χ1n) is 7.87. The SMILES string of the molecule is c1cnc(N2CCCC(c3cccc(-n4ccnc4)n3)C2)nc1. The number of piperidine rings is 1. The Kier molecular flexibility index (Phi) is 3.71. The van der Waals surface area contributed by atoms with Crippen LogP contribution in [0.2, 0.25) is 0 Å². The summed E-state index contributed by atoms with van der Waals surface area (Å²) in [6, 6.07) is 8.03. The lowest BCUT2D eigenvalue weighted by molar-refractivity contribution is 0.495. The first kappa shape index (κ1) is 13.9. The van der Waals surface area contributed by atoms with Crippen molar-refractivity contribution in [2.75, 3.05) is 18.0 Å². The van der Waals surface area contributed by atoms with E-state index in [-0.39, 0.29) is 0 Å². The third-order valence-electron chi connectivity index (χ3n) is 4.20. The summed E-state index contributed by atoms with van der Waals surface area (Å²) in [6.45, 7) is 1.91. The number of pyridine rings is 1. The van der Waals surface area contributed by atoms with E-state index in [1.54, 1.807) is 24.9 Å². The lowest BCUT2D eigenvalue weighted by atomic mass is 9.94. The second-order valence-corrected chi connectivity index (χ2v) is 5.72. The lowest BCUT2D eigenvalue weighted by Gasteiger charge is -2.32. The third-order valence-corrected chi connectivity index (χ3v) is 4.20. The minimum Gasteiger partial charge on any atom is -0.340 e. The van der Waals surface area contributed by atoms with E-state index in [4.69, 9.17) is 4.98 Å². The van der Waals surface area contributed by atoms with E-state index in [2.05, 4.69) is 32.0 Å². The predicted octanol–water partition coefficient (Wildman–Crippen LogP) is 2.44. The van der Waals surface area contributed by atoms with Gasteiger partial charge >= 0.3 is 0 Å². The number of imidazole rings is 1. The molecule has 1 atom stereocenters. The van der Waals surface area contributed by atoms with Crippen molar-refractivity contribution >= 4 is 5.95 Å². The van der Waals surface area contributed by atoms with E-state index in [1.165, 1.54) is 0 Å². The van der Waals surface area contributed by atoms with Gasteiger partial charge in [0.1, 0.15) is 12.1 Å². The summed E-state index contributed by atoms with van der Waals surface area (Å²) < 4.78 is 1.93. The molecule has 1 aliphatic heterocycles. The molecule has 0 amide bonds. The maximum Gasteiger partial charge on any atom is 0.225 e. The highest BCUT2D eigenvalue weighted by Gasteiger charge is 2.24. The van der Waals surface area contributed by atoms with Gasteiger partial charge in [-0.15, -0.1) is 0 Å².